The Kier molecular flexibility index (Phi) is 8.42. The van der Waals surface area contributed by atoms with E-state index in [9.17, 15) is 9.18 Å². The lowest BCUT2D eigenvalue weighted by atomic mass is 10.1. The van der Waals surface area contributed by atoms with E-state index in [1.54, 1.807) is 18.3 Å². The number of carbonyl (C=O) groups is 1. The second-order valence-electron chi connectivity index (χ2n) is 8.07. The number of amides is 1. The molecule has 2 aromatic heterocycles. The van der Waals surface area contributed by atoms with Crippen LogP contribution in [0, 0.1) is 11.2 Å². The third-order valence-corrected chi connectivity index (χ3v) is 6.91. The average Bonchev–Trinajstić information content (AvgIpc) is 3.32. The van der Waals surface area contributed by atoms with Gasteiger partial charge in [-0.1, -0.05) is 30.3 Å². The molecular formula is C27H26FN5O2S2. The summed E-state index contributed by atoms with van der Waals surface area (Å²) in [6.45, 7) is 5.47. The Bertz CT molecular complexity index is 1440. The Morgan fingerprint density at radius 2 is 1.86 bits per heavy atom. The maximum atomic E-state index is 14.9. The zero-order valence-corrected chi connectivity index (χ0v) is 22.0. The van der Waals surface area contributed by atoms with Gasteiger partial charge in [0.2, 0.25) is 5.91 Å². The number of nitrogens with one attached hydrogen (secondary N) is 3. The van der Waals surface area contributed by atoms with Gasteiger partial charge in [-0.05, 0) is 49.8 Å². The van der Waals surface area contributed by atoms with Crippen LogP contribution in [0.25, 0.3) is 10.2 Å². The Morgan fingerprint density at radius 1 is 1.11 bits per heavy atom. The molecule has 0 aliphatic carbocycles. The van der Waals surface area contributed by atoms with Crippen molar-refractivity contribution in [3.63, 3.8) is 0 Å². The van der Waals surface area contributed by atoms with Crippen molar-refractivity contribution in [1.29, 1.82) is 5.41 Å². The normalized spacial score (nSPS) is 10.7. The average molecular weight is 536 g/mol. The molecule has 0 spiro atoms. The van der Waals surface area contributed by atoms with E-state index in [0.29, 0.717) is 22.8 Å². The van der Waals surface area contributed by atoms with Gasteiger partial charge in [0.25, 0.3) is 0 Å². The number of thiocarbonyl (C=S) groups is 1. The Hall–Kier alpha value is -3.89. The van der Waals surface area contributed by atoms with Crippen LogP contribution in [0.1, 0.15) is 24.3 Å². The van der Waals surface area contributed by atoms with Crippen molar-refractivity contribution in [2.45, 2.75) is 20.3 Å². The monoisotopic (exact) mass is 535 g/mol. The van der Waals surface area contributed by atoms with Crippen LogP contribution in [-0.2, 0) is 11.2 Å². The number of aromatic nitrogens is 1. The van der Waals surface area contributed by atoms with Gasteiger partial charge in [0.05, 0.1) is 21.5 Å². The minimum Gasteiger partial charge on any atom is -0.453 e. The largest absolute Gasteiger partial charge is 0.453 e. The molecule has 0 aliphatic rings. The predicted octanol–water partition coefficient (Wildman–Crippen LogP) is 5.95. The van der Waals surface area contributed by atoms with Gasteiger partial charge in [0.15, 0.2) is 16.7 Å². The molecule has 0 unspecified atom stereocenters. The first-order valence-corrected chi connectivity index (χ1v) is 12.9. The number of halogens is 1. The zero-order chi connectivity index (χ0) is 26.4. The molecule has 3 N–H and O–H groups in total. The Labute approximate surface area is 223 Å². The van der Waals surface area contributed by atoms with Gasteiger partial charge in [-0.15, -0.1) is 11.3 Å². The minimum absolute atomic E-state index is 0.0332. The van der Waals surface area contributed by atoms with E-state index >= 15 is 0 Å². The molecule has 2 heterocycles. The number of hydrogen-bond donors (Lipinski definition) is 3. The van der Waals surface area contributed by atoms with Gasteiger partial charge in [-0.25, -0.2) is 4.39 Å². The molecule has 37 heavy (non-hydrogen) atoms. The van der Waals surface area contributed by atoms with Crippen LogP contribution in [0.3, 0.4) is 0 Å². The number of benzene rings is 2. The summed E-state index contributed by atoms with van der Waals surface area (Å²) in [5, 5.41) is 14.0. The number of fused-ring (bicyclic) bond motifs is 1. The molecule has 0 fully saturated rings. The maximum absolute atomic E-state index is 14.9. The zero-order valence-electron chi connectivity index (χ0n) is 20.4. The van der Waals surface area contributed by atoms with Crippen molar-refractivity contribution in [2.24, 2.45) is 0 Å². The lowest BCUT2D eigenvalue weighted by molar-refractivity contribution is -0.119. The standard InChI is InChI=1S/C27H26FN5O2S2/c1-3-33(4-2)26(29)23-16-20-25(37-23)22(12-13-30-20)35-21-11-10-18(15-19(21)28)31-27(36)32-24(34)14-17-8-6-5-7-9-17/h5-13,15-16,29H,3-4,14H2,1-2H3,(H2,31,32,34,36). The number of amidine groups is 1. The quantitative estimate of drug-likeness (QED) is 0.147. The third-order valence-electron chi connectivity index (χ3n) is 5.56. The van der Waals surface area contributed by atoms with Crippen LogP contribution in [0.4, 0.5) is 10.1 Å². The van der Waals surface area contributed by atoms with E-state index < -0.39 is 5.82 Å². The summed E-state index contributed by atoms with van der Waals surface area (Å²) < 4.78 is 21.6. The summed E-state index contributed by atoms with van der Waals surface area (Å²) in [5.41, 5.74) is 1.92. The highest BCUT2D eigenvalue weighted by atomic mass is 32.1. The Balaban J connectivity index is 1.43. The number of thiophene rings is 1. The van der Waals surface area contributed by atoms with Crippen LogP contribution >= 0.6 is 23.6 Å². The summed E-state index contributed by atoms with van der Waals surface area (Å²) >= 11 is 6.59. The molecule has 7 nitrogen and oxygen atoms in total. The van der Waals surface area contributed by atoms with E-state index in [-0.39, 0.29) is 23.2 Å². The number of ether oxygens (including phenoxy) is 1. The van der Waals surface area contributed by atoms with Crippen molar-refractivity contribution in [3.05, 3.63) is 83.1 Å². The van der Waals surface area contributed by atoms with Crippen molar-refractivity contribution >= 4 is 56.3 Å². The topological polar surface area (TPSA) is 90.3 Å². The number of nitrogens with zero attached hydrogens (tertiary/aromatic N) is 2. The maximum Gasteiger partial charge on any atom is 0.230 e. The highest BCUT2D eigenvalue weighted by Crippen LogP contribution is 2.36. The molecule has 2 aromatic carbocycles. The van der Waals surface area contributed by atoms with E-state index in [1.807, 2.05) is 55.1 Å². The number of rotatable bonds is 8. The lowest BCUT2D eigenvalue weighted by Crippen LogP contribution is -2.35. The molecule has 4 rings (SSSR count). The van der Waals surface area contributed by atoms with Crippen LogP contribution in [0.5, 0.6) is 11.5 Å². The van der Waals surface area contributed by atoms with Crippen molar-refractivity contribution < 1.29 is 13.9 Å². The molecule has 0 saturated carbocycles. The Morgan fingerprint density at radius 3 is 2.57 bits per heavy atom. The van der Waals surface area contributed by atoms with Gasteiger partial charge >= 0.3 is 0 Å². The number of pyridine rings is 1. The molecule has 0 radical (unpaired) electrons. The molecule has 4 aromatic rings. The lowest BCUT2D eigenvalue weighted by Gasteiger charge is -2.20. The molecule has 10 heteroatoms. The van der Waals surface area contributed by atoms with Gasteiger partial charge < -0.3 is 20.3 Å². The van der Waals surface area contributed by atoms with E-state index in [4.69, 9.17) is 22.4 Å². The van der Waals surface area contributed by atoms with Crippen LogP contribution in [-0.4, -0.2) is 39.8 Å². The highest BCUT2D eigenvalue weighted by molar-refractivity contribution is 7.80. The fraction of sp³-hybridized carbons (Fsp3) is 0.185. The number of hydrogen-bond acceptors (Lipinski definition) is 6. The number of anilines is 1. The summed E-state index contributed by atoms with van der Waals surface area (Å²) in [6, 6.07) is 17.2. The SMILES string of the molecule is CCN(CC)C(=N)c1cc2nccc(Oc3ccc(NC(=S)NC(=O)Cc4ccccc4)cc3F)c2s1. The molecule has 0 aliphatic heterocycles. The van der Waals surface area contributed by atoms with Crippen LogP contribution < -0.4 is 15.4 Å². The first-order chi connectivity index (χ1) is 17.9. The van der Waals surface area contributed by atoms with E-state index in [2.05, 4.69) is 15.6 Å². The predicted molar refractivity (Wildman–Crippen MR) is 150 cm³/mol. The molecule has 0 atom stereocenters. The summed E-state index contributed by atoms with van der Waals surface area (Å²) in [7, 11) is 0. The molecule has 0 saturated heterocycles. The molecule has 0 bridgehead atoms. The molecular weight excluding hydrogens is 509 g/mol. The molecule has 190 valence electrons. The van der Waals surface area contributed by atoms with Crippen molar-refractivity contribution in [1.82, 2.24) is 15.2 Å². The molecule has 1 amide bonds. The smallest absolute Gasteiger partial charge is 0.230 e. The van der Waals surface area contributed by atoms with Crippen LogP contribution in [0.15, 0.2) is 66.9 Å². The summed E-state index contributed by atoms with van der Waals surface area (Å²) in [6.07, 6.45) is 1.78. The first kappa shape index (κ1) is 26.2. The van der Waals surface area contributed by atoms with Gasteiger partial charge in [-0.2, -0.15) is 0 Å². The van der Waals surface area contributed by atoms with Crippen molar-refractivity contribution in [3.8, 4) is 11.5 Å². The van der Waals surface area contributed by atoms with Crippen molar-refractivity contribution in [2.75, 3.05) is 18.4 Å². The van der Waals surface area contributed by atoms with Gasteiger partial charge in [0, 0.05) is 37.1 Å². The first-order valence-electron chi connectivity index (χ1n) is 11.7. The third kappa shape index (κ3) is 6.46. The number of carbonyl (C=O) groups excluding carboxylic acids is 1. The minimum atomic E-state index is -0.596. The van der Waals surface area contributed by atoms with Gasteiger partial charge in [-0.3, -0.25) is 15.2 Å². The van der Waals surface area contributed by atoms with Gasteiger partial charge in [0.1, 0.15) is 11.6 Å². The summed E-state index contributed by atoms with van der Waals surface area (Å²) in [5.74, 6) is 0.0476. The fourth-order valence-corrected chi connectivity index (χ4v) is 4.98. The van der Waals surface area contributed by atoms with Crippen LogP contribution in [0.2, 0.25) is 0 Å². The van der Waals surface area contributed by atoms with E-state index in [0.717, 1.165) is 28.2 Å². The van der Waals surface area contributed by atoms with E-state index in [1.165, 1.54) is 23.5 Å². The second kappa shape index (κ2) is 11.9. The summed E-state index contributed by atoms with van der Waals surface area (Å²) in [4.78, 5) is 19.3. The second-order valence-corrected chi connectivity index (χ2v) is 9.53. The fourth-order valence-electron chi connectivity index (χ4n) is 3.70. The highest BCUT2D eigenvalue weighted by Gasteiger charge is 2.17.